The van der Waals surface area contributed by atoms with E-state index in [0.29, 0.717) is 6.20 Å². The summed E-state index contributed by atoms with van der Waals surface area (Å²) >= 11 is 0. The second-order valence-corrected chi connectivity index (χ2v) is 22.9. The lowest BCUT2D eigenvalue weighted by molar-refractivity contribution is -0.138. The van der Waals surface area contributed by atoms with E-state index < -0.39 is 88.4 Å². The molecule has 3 aromatic rings. The third kappa shape index (κ3) is 10.5. The molecule has 18 heteroatoms. The Kier molecular flexibility index (Phi) is 12.3. The van der Waals surface area contributed by atoms with Crippen molar-refractivity contribution in [2.75, 3.05) is 18.1 Å². The van der Waals surface area contributed by atoms with E-state index in [1.807, 2.05) is 0 Å². The number of rotatable bonds is 8. The summed E-state index contributed by atoms with van der Waals surface area (Å²) in [7, 11) is -5.86. The number of amides is 3. The fourth-order valence-corrected chi connectivity index (χ4v) is 8.07. The zero-order valence-electron chi connectivity index (χ0n) is 32.7. The third-order valence-corrected chi connectivity index (χ3v) is 15.5. The summed E-state index contributed by atoms with van der Waals surface area (Å²) in [5, 5.41) is 2.34. The first kappa shape index (κ1) is 43.3. The van der Waals surface area contributed by atoms with Crippen LogP contribution in [0.25, 0.3) is 0 Å². The lowest BCUT2D eigenvalue weighted by atomic mass is 10.0. The second-order valence-electron chi connectivity index (χ2n) is 15.9. The van der Waals surface area contributed by atoms with Gasteiger partial charge in [-0.05, 0) is 88.6 Å². The fraction of sp³-hybridized carbons (Fsp3) is 0.486. The normalized spacial score (nSPS) is 17.7. The minimum absolute atomic E-state index is 0.00111. The van der Waals surface area contributed by atoms with Gasteiger partial charge >= 0.3 is 12.3 Å². The summed E-state index contributed by atoms with van der Waals surface area (Å²) in [4.78, 5) is 49.4. The molecule has 0 unspecified atom stereocenters. The van der Waals surface area contributed by atoms with E-state index in [9.17, 15) is 36.2 Å². The number of carbonyl (C=O) groups is 3. The van der Waals surface area contributed by atoms with E-state index in [2.05, 4.69) is 53.5 Å². The van der Waals surface area contributed by atoms with Gasteiger partial charge in [0, 0.05) is 36.0 Å². The first-order valence-corrected chi connectivity index (χ1v) is 22.2. The number of alkyl halides is 3. The molecule has 2 aromatic heterocycles. The van der Waals surface area contributed by atoms with Gasteiger partial charge in [-0.1, -0.05) is 26.8 Å². The van der Waals surface area contributed by atoms with Crippen LogP contribution in [0, 0.1) is 19.8 Å². The Labute approximate surface area is 319 Å². The van der Waals surface area contributed by atoms with Crippen molar-refractivity contribution in [3.63, 3.8) is 0 Å². The van der Waals surface area contributed by atoms with Gasteiger partial charge < -0.3 is 19.2 Å². The average Bonchev–Trinajstić information content (AvgIpc) is 3.44. The molecule has 1 saturated heterocycles. The molecule has 4 rings (SSSR count). The molecule has 3 heterocycles. The van der Waals surface area contributed by atoms with Crippen LogP contribution < -0.4 is 10.1 Å². The molecule has 0 spiro atoms. The molecule has 0 radical (unpaired) electrons. The number of aromatic nitrogens is 2. The zero-order chi connectivity index (χ0) is 41.5. The van der Waals surface area contributed by atoms with Crippen LogP contribution in [0.15, 0.2) is 51.9 Å². The summed E-state index contributed by atoms with van der Waals surface area (Å²) in [6, 6.07) is 6.53. The molecule has 0 saturated carbocycles. The molecule has 1 N–H and O–H groups in total. The number of carbonyl (C=O) groups excluding carboxylic acids is 3. The monoisotopic (exact) mass is 809 g/mol. The number of anilines is 1. The van der Waals surface area contributed by atoms with Crippen LogP contribution in [0.4, 0.5) is 28.0 Å². The van der Waals surface area contributed by atoms with Crippen molar-refractivity contribution in [1.29, 1.82) is 0 Å². The van der Waals surface area contributed by atoms with Crippen molar-refractivity contribution in [1.82, 2.24) is 14.9 Å². The van der Waals surface area contributed by atoms with Crippen molar-refractivity contribution < 1.29 is 50.1 Å². The Morgan fingerprint density at radius 1 is 1.04 bits per heavy atom. The van der Waals surface area contributed by atoms with Gasteiger partial charge in [-0.2, -0.15) is 21.9 Å². The lowest BCUT2D eigenvalue weighted by Crippen LogP contribution is -2.45. The summed E-state index contributed by atoms with van der Waals surface area (Å²) in [6.07, 6.45) is -4.28. The largest absolute Gasteiger partial charge is 0.444 e. The second kappa shape index (κ2) is 15.6. The lowest BCUT2D eigenvalue weighted by Gasteiger charge is -2.38. The van der Waals surface area contributed by atoms with Crippen LogP contribution in [0.3, 0.4) is 0 Å². The van der Waals surface area contributed by atoms with Crippen molar-refractivity contribution in [3.05, 3.63) is 70.9 Å². The summed E-state index contributed by atoms with van der Waals surface area (Å²) < 4.78 is 91.3. The summed E-state index contributed by atoms with van der Waals surface area (Å²) in [6.45, 7) is 17.9. The average molecular weight is 810 g/mol. The van der Waals surface area contributed by atoms with Gasteiger partial charge in [0.05, 0.1) is 27.1 Å². The Balaban J connectivity index is 1.66. The Hall–Kier alpha value is -4.42. The smallest absolute Gasteiger partial charge is 0.418 e. The number of nitrogens with zero attached hydrogens (tertiary/aromatic N) is 4. The van der Waals surface area contributed by atoms with Crippen LogP contribution in [0.1, 0.15) is 75.1 Å². The first-order chi connectivity index (χ1) is 25.1. The zero-order valence-corrected chi connectivity index (χ0v) is 34.5. The number of nitrogens with one attached hydrogen (secondary N) is 1. The molecule has 1 aliphatic rings. The Morgan fingerprint density at radius 3 is 2.27 bits per heavy atom. The van der Waals surface area contributed by atoms with E-state index in [4.69, 9.17) is 13.9 Å². The molecule has 3 atom stereocenters. The molecule has 55 heavy (non-hydrogen) atoms. The van der Waals surface area contributed by atoms with E-state index in [0.717, 1.165) is 13.0 Å². The molecular weight excluding hydrogens is 763 g/mol. The van der Waals surface area contributed by atoms with Crippen molar-refractivity contribution in [2.24, 2.45) is 4.36 Å². The predicted molar refractivity (Wildman–Crippen MR) is 201 cm³/mol. The topological polar surface area (TPSA) is 149 Å². The van der Waals surface area contributed by atoms with Crippen LogP contribution in [0.2, 0.25) is 18.1 Å². The highest BCUT2D eigenvalue weighted by Crippen LogP contribution is 2.40. The molecule has 300 valence electrons. The van der Waals surface area contributed by atoms with Crippen LogP contribution in [0.5, 0.6) is 11.6 Å². The van der Waals surface area contributed by atoms with Gasteiger partial charge in [0.25, 0.3) is 11.8 Å². The van der Waals surface area contributed by atoms with Gasteiger partial charge in [0.15, 0.2) is 14.1 Å². The van der Waals surface area contributed by atoms with Gasteiger partial charge in [-0.15, -0.1) is 0 Å². The van der Waals surface area contributed by atoms with Gasteiger partial charge in [-0.3, -0.25) is 14.5 Å². The number of likely N-dealkylation sites (tertiary alicyclic amines) is 1. The SMILES string of the molecule is Cc1nc(F)ccc1Oc1ncc(C(F)(F)F)c(C)c1C(=O)Nc1cccc([S@@](C)(=O)=NC(=O)[C@@H]2C[C@H](O[Si](C)(C)C(C)(C)C)CN2C(=O)OC(C)(C)C)c1. The third-order valence-electron chi connectivity index (χ3n) is 9.28. The van der Waals surface area contributed by atoms with Crippen molar-refractivity contribution >= 4 is 41.6 Å². The summed E-state index contributed by atoms with van der Waals surface area (Å²) in [5.74, 6) is -3.27. The number of pyridine rings is 2. The van der Waals surface area contributed by atoms with E-state index in [1.165, 1.54) is 48.4 Å². The molecule has 3 amide bonds. The molecule has 12 nitrogen and oxygen atoms in total. The van der Waals surface area contributed by atoms with Gasteiger partial charge in [0.1, 0.15) is 17.2 Å². The molecule has 1 aromatic carbocycles. The maximum absolute atomic E-state index is 14.1. The highest BCUT2D eigenvalue weighted by atomic mass is 32.2. The van der Waals surface area contributed by atoms with Crippen LogP contribution in [-0.4, -0.2) is 75.8 Å². The highest BCUT2D eigenvalue weighted by Gasteiger charge is 2.47. The van der Waals surface area contributed by atoms with Crippen molar-refractivity contribution in [3.8, 4) is 11.6 Å². The number of aryl methyl sites for hydroxylation is 1. The maximum Gasteiger partial charge on any atom is 0.418 e. The number of hydrogen-bond acceptors (Lipinski definition) is 9. The van der Waals surface area contributed by atoms with E-state index in [-0.39, 0.29) is 40.0 Å². The molecule has 1 aliphatic heterocycles. The number of benzene rings is 1. The summed E-state index contributed by atoms with van der Waals surface area (Å²) in [5.41, 5.74) is -3.07. The first-order valence-electron chi connectivity index (χ1n) is 17.3. The standard InChI is InChI=1S/C37H47F4N5O7SSi/c1-21-26(37(39,40)41)19-42-33(51-28-15-16-29(38)43-22(28)2)30(21)32(48)44-23-13-12-14-25(17-23)54(9,50)45-31(47)27-18-24(53-55(10,11)36(6,7)8)20-46(27)34(49)52-35(3,4)5/h12-17,19,24,27H,18,20H2,1-11H3,(H,44,48)/t24-,27-,54+/m0/s1. The Bertz CT molecular complexity index is 2110. The van der Waals surface area contributed by atoms with E-state index in [1.54, 1.807) is 20.8 Å². The quantitative estimate of drug-likeness (QED) is 0.134. The molecular formula is C37H47F4N5O7SSi. The van der Waals surface area contributed by atoms with Crippen LogP contribution in [-0.2, 0) is 29.9 Å². The number of halogens is 4. The van der Waals surface area contributed by atoms with E-state index >= 15 is 0 Å². The van der Waals surface area contributed by atoms with Crippen LogP contribution >= 0.6 is 0 Å². The maximum atomic E-state index is 14.1. The van der Waals surface area contributed by atoms with Gasteiger partial charge in [0.2, 0.25) is 11.8 Å². The highest BCUT2D eigenvalue weighted by molar-refractivity contribution is 7.93. The van der Waals surface area contributed by atoms with Gasteiger partial charge in [-0.25, -0.2) is 19.0 Å². The minimum Gasteiger partial charge on any atom is -0.444 e. The molecule has 0 bridgehead atoms. The number of ether oxygens (including phenoxy) is 2. The fourth-order valence-electron chi connectivity index (χ4n) is 5.46. The predicted octanol–water partition coefficient (Wildman–Crippen LogP) is 8.68. The minimum atomic E-state index is -4.87. The Morgan fingerprint density at radius 2 is 1.69 bits per heavy atom. The molecule has 0 aliphatic carbocycles. The number of hydrogen-bond donors (Lipinski definition) is 1. The molecule has 1 fully saturated rings. The van der Waals surface area contributed by atoms with Crippen molar-refractivity contribution in [2.45, 2.75) is 109 Å².